The molecule has 0 radical (unpaired) electrons. The molecule has 4 rings (SSSR count). The van der Waals surface area contributed by atoms with Crippen LogP contribution in [0.1, 0.15) is 86.0 Å². The van der Waals surface area contributed by atoms with Crippen LogP contribution < -0.4 is 21.3 Å². The molecule has 39 heavy (non-hydrogen) atoms. The average Bonchev–Trinajstić information content (AvgIpc) is 3.72. The van der Waals surface area contributed by atoms with Crippen LogP contribution in [0, 0.1) is 29.1 Å². The topological polar surface area (TPSA) is 137 Å². The largest absolute Gasteiger partial charge is 0.353 e. The minimum absolute atomic E-state index is 0.00283. The van der Waals surface area contributed by atoms with Crippen molar-refractivity contribution in [3.05, 3.63) is 0 Å². The molecule has 10 nitrogen and oxygen atoms in total. The van der Waals surface area contributed by atoms with Crippen LogP contribution in [-0.4, -0.2) is 71.7 Å². The zero-order valence-electron chi connectivity index (χ0n) is 24.4. The summed E-state index contributed by atoms with van der Waals surface area (Å²) < 4.78 is 0. The van der Waals surface area contributed by atoms with Gasteiger partial charge in [0.05, 0.1) is 6.04 Å². The van der Waals surface area contributed by atoms with E-state index in [0.717, 1.165) is 44.9 Å². The molecular formula is C29H47N5O5. The fourth-order valence-corrected chi connectivity index (χ4v) is 6.82. The average molecular weight is 546 g/mol. The van der Waals surface area contributed by atoms with Crippen LogP contribution in [0.3, 0.4) is 0 Å². The van der Waals surface area contributed by atoms with Crippen LogP contribution in [0.5, 0.6) is 0 Å². The van der Waals surface area contributed by atoms with E-state index >= 15 is 0 Å². The van der Waals surface area contributed by atoms with E-state index in [1.54, 1.807) is 4.90 Å². The number of rotatable bonds is 9. The van der Waals surface area contributed by atoms with Crippen molar-refractivity contribution in [2.24, 2.45) is 29.1 Å². The van der Waals surface area contributed by atoms with Crippen molar-refractivity contribution in [1.29, 1.82) is 0 Å². The number of likely N-dealkylation sites (tertiary alicyclic amines) is 1. The number of nitrogens with one attached hydrogen (secondary N) is 4. The summed E-state index contributed by atoms with van der Waals surface area (Å²) >= 11 is 0. The van der Waals surface area contributed by atoms with Gasteiger partial charge in [-0.15, -0.1) is 0 Å². The molecule has 1 aliphatic heterocycles. The van der Waals surface area contributed by atoms with Crippen molar-refractivity contribution < 1.29 is 24.0 Å². The van der Waals surface area contributed by atoms with E-state index in [1.165, 1.54) is 7.05 Å². The summed E-state index contributed by atoms with van der Waals surface area (Å²) in [5, 5.41) is 11.1. The molecule has 0 aromatic heterocycles. The molecule has 5 atom stereocenters. The van der Waals surface area contributed by atoms with Crippen LogP contribution in [0.4, 0.5) is 4.79 Å². The van der Waals surface area contributed by atoms with Crippen molar-refractivity contribution in [1.82, 2.24) is 26.2 Å². The number of likely N-dealkylation sites (N-methyl/N-ethyl adjacent to an activating group) is 1. The number of nitrogens with zero attached hydrogens (tertiary/aromatic N) is 1. The van der Waals surface area contributed by atoms with Crippen molar-refractivity contribution in [3.8, 4) is 0 Å². The Labute approximate surface area is 232 Å². The number of carbonyl (C=O) groups excluding carboxylic acids is 5. The number of fused-ring (bicyclic) bond motifs is 1. The Kier molecular flexibility index (Phi) is 8.34. The maximum atomic E-state index is 14.2. The van der Waals surface area contributed by atoms with Crippen LogP contribution in [0.25, 0.3) is 0 Å². The minimum Gasteiger partial charge on any atom is -0.353 e. The van der Waals surface area contributed by atoms with E-state index < -0.39 is 41.4 Å². The molecule has 4 aliphatic rings. The second-order valence-corrected chi connectivity index (χ2v) is 13.8. The zero-order valence-corrected chi connectivity index (χ0v) is 24.4. The Morgan fingerprint density at radius 2 is 1.59 bits per heavy atom. The minimum atomic E-state index is -0.910. The predicted octanol–water partition coefficient (Wildman–Crippen LogP) is 2.12. The second-order valence-electron chi connectivity index (χ2n) is 13.8. The molecule has 3 aliphatic carbocycles. The van der Waals surface area contributed by atoms with E-state index in [9.17, 15) is 24.0 Å². The lowest BCUT2D eigenvalue weighted by Gasteiger charge is -2.37. The van der Waals surface area contributed by atoms with Crippen LogP contribution in [0.2, 0.25) is 0 Å². The van der Waals surface area contributed by atoms with E-state index in [1.807, 2.05) is 20.8 Å². The van der Waals surface area contributed by atoms with Gasteiger partial charge < -0.3 is 26.2 Å². The molecule has 1 saturated heterocycles. The quantitative estimate of drug-likeness (QED) is 0.329. The van der Waals surface area contributed by atoms with E-state index in [-0.39, 0.29) is 35.0 Å². The molecule has 3 saturated carbocycles. The zero-order chi connectivity index (χ0) is 28.7. The summed E-state index contributed by atoms with van der Waals surface area (Å²) in [6.07, 6.45) is 7.19. The van der Waals surface area contributed by atoms with Gasteiger partial charge in [0.15, 0.2) is 0 Å². The Morgan fingerprint density at radius 1 is 0.949 bits per heavy atom. The van der Waals surface area contributed by atoms with Crippen molar-refractivity contribution in [2.45, 2.75) is 110 Å². The van der Waals surface area contributed by atoms with Gasteiger partial charge in [0, 0.05) is 19.1 Å². The monoisotopic (exact) mass is 545 g/mol. The fourth-order valence-electron chi connectivity index (χ4n) is 6.82. The Morgan fingerprint density at radius 3 is 2.15 bits per heavy atom. The molecule has 10 heteroatoms. The highest BCUT2D eigenvalue weighted by molar-refractivity contribution is 6.38. The molecule has 0 aromatic carbocycles. The molecule has 1 heterocycles. The lowest BCUT2D eigenvalue weighted by molar-refractivity contribution is -0.144. The van der Waals surface area contributed by atoms with Crippen molar-refractivity contribution in [2.75, 3.05) is 13.6 Å². The number of hydrogen-bond acceptors (Lipinski definition) is 5. The highest BCUT2D eigenvalue weighted by atomic mass is 16.2. The summed E-state index contributed by atoms with van der Waals surface area (Å²) in [4.78, 5) is 67.5. The third-order valence-electron chi connectivity index (χ3n) is 9.27. The molecule has 0 spiro atoms. The highest BCUT2D eigenvalue weighted by Gasteiger charge is 2.69. The Bertz CT molecular complexity index is 995. The normalized spacial score (nSPS) is 27.5. The molecule has 0 aromatic rings. The van der Waals surface area contributed by atoms with Gasteiger partial charge in [-0.25, -0.2) is 4.79 Å². The predicted molar refractivity (Wildman–Crippen MR) is 146 cm³/mol. The van der Waals surface area contributed by atoms with Gasteiger partial charge in [0.2, 0.25) is 17.6 Å². The van der Waals surface area contributed by atoms with Crippen LogP contribution >= 0.6 is 0 Å². The van der Waals surface area contributed by atoms with Crippen LogP contribution in [-0.2, 0) is 19.2 Å². The smallest absolute Gasteiger partial charge is 0.315 e. The Balaban J connectivity index is 1.55. The summed E-state index contributed by atoms with van der Waals surface area (Å²) in [6, 6.07) is -2.76. The molecule has 5 amide bonds. The van der Waals surface area contributed by atoms with Gasteiger partial charge in [-0.3, -0.25) is 19.2 Å². The number of hydrogen-bond donors (Lipinski definition) is 4. The highest BCUT2D eigenvalue weighted by Crippen LogP contribution is 2.65. The standard InChI is InChI=1S/C29H47N5O5/c1-28(2,3)33-27(39)32-21(17-10-8-7-9-11-17)26(38)34-15-18-20(29(18,4)5)22(34)24(36)31-19(14-16-12-13-16)23(35)25(37)30-6/h16-22H,7-15H2,1-6H3,(H,30,37)(H,31,36)(H2,32,33,39)/t18-,19?,20-,21-,22-/m0/s1. The fraction of sp³-hybridized carbons (Fsp3) is 0.828. The van der Waals surface area contributed by atoms with Gasteiger partial charge in [0.1, 0.15) is 12.1 Å². The van der Waals surface area contributed by atoms with Crippen molar-refractivity contribution >= 4 is 29.5 Å². The molecule has 4 fully saturated rings. The van der Waals surface area contributed by atoms with Crippen molar-refractivity contribution in [3.63, 3.8) is 0 Å². The molecule has 1 unspecified atom stereocenters. The van der Waals surface area contributed by atoms with Gasteiger partial charge in [-0.05, 0) is 69.1 Å². The van der Waals surface area contributed by atoms with E-state index in [0.29, 0.717) is 18.9 Å². The first kappa shape index (κ1) is 29.3. The number of urea groups is 1. The number of carbonyl (C=O) groups is 5. The lowest BCUT2D eigenvalue weighted by Crippen LogP contribution is -2.61. The number of Topliss-reactive ketones (excluding diaryl/α,β-unsaturated/α-hetero) is 1. The number of piperidine rings is 1. The lowest BCUT2D eigenvalue weighted by atomic mass is 9.83. The van der Waals surface area contributed by atoms with Gasteiger partial charge in [0.25, 0.3) is 5.91 Å². The first-order valence-electron chi connectivity index (χ1n) is 14.7. The number of ketones is 1. The third kappa shape index (κ3) is 6.57. The van der Waals surface area contributed by atoms with E-state index in [2.05, 4.69) is 35.1 Å². The van der Waals surface area contributed by atoms with Gasteiger partial charge in [-0.1, -0.05) is 46.0 Å². The molecule has 218 valence electrons. The van der Waals surface area contributed by atoms with Gasteiger partial charge >= 0.3 is 6.03 Å². The van der Waals surface area contributed by atoms with Crippen LogP contribution in [0.15, 0.2) is 0 Å². The maximum Gasteiger partial charge on any atom is 0.315 e. The first-order valence-corrected chi connectivity index (χ1v) is 14.7. The van der Waals surface area contributed by atoms with E-state index in [4.69, 9.17) is 0 Å². The second kappa shape index (κ2) is 11.1. The molecule has 4 N–H and O–H groups in total. The summed E-state index contributed by atoms with van der Waals surface area (Å²) in [6.45, 7) is 10.3. The Hall–Kier alpha value is -2.65. The summed E-state index contributed by atoms with van der Waals surface area (Å²) in [5.74, 6) is -1.54. The third-order valence-corrected chi connectivity index (χ3v) is 9.27. The summed E-state index contributed by atoms with van der Waals surface area (Å²) in [7, 11) is 1.40. The van der Waals surface area contributed by atoms with Gasteiger partial charge in [-0.2, -0.15) is 0 Å². The first-order chi connectivity index (χ1) is 18.2. The number of amides is 5. The molecule has 0 bridgehead atoms. The maximum absolute atomic E-state index is 14.2. The SMILES string of the molecule is CNC(=O)C(=O)C(CC1CC1)NC(=O)[C@@H]1[C@@H]2[C@H](CN1C(=O)[C@@H](NC(=O)NC(C)(C)C)C1CCCCC1)C2(C)C. The molecular weight excluding hydrogens is 498 g/mol. The summed E-state index contributed by atoms with van der Waals surface area (Å²) in [5.41, 5.74) is -0.563.